The first-order valence-corrected chi connectivity index (χ1v) is 14.0. The summed E-state index contributed by atoms with van der Waals surface area (Å²) >= 11 is 0. The van der Waals surface area contributed by atoms with Gasteiger partial charge in [-0.05, 0) is 80.3 Å². The summed E-state index contributed by atoms with van der Waals surface area (Å²) in [6.45, 7) is 2.15. The van der Waals surface area contributed by atoms with Gasteiger partial charge in [0.05, 0.1) is 23.5 Å². The molecule has 8 heteroatoms. The summed E-state index contributed by atoms with van der Waals surface area (Å²) in [7, 11) is 1.86. The van der Waals surface area contributed by atoms with E-state index in [0.717, 1.165) is 43.0 Å². The first kappa shape index (κ1) is 23.0. The Hall–Kier alpha value is -2.97. The predicted octanol–water partition coefficient (Wildman–Crippen LogP) is 2.75. The molecule has 8 nitrogen and oxygen atoms in total. The maximum Gasteiger partial charge on any atom is 0.231 e. The van der Waals surface area contributed by atoms with Gasteiger partial charge in [0.2, 0.25) is 12.7 Å². The number of nitrogens with zero attached hydrogens (tertiary/aromatic N) is 2. The Kier molecular flexibility index (Phi) is 4.71. The highest BCUT2D eigenvalue weighted by Gasteiger charge is 2.73. The molecule has 3 aliphatic heterocycles. The number of hydrogen-bond acceptors (Lipinski definition) is 7. The van der Waals surface area contributed by atoms with Crippen molar-refractivity contribution in [2.45, 2.75) is 74.1 Å². The number of likely N-dealkylation sites (N-methyl/N-ethyl adjacent to an activating group) is 1. The summed E-state index contributed by atoms with van der Waals surface area (Å²) in [6, 6.07) is 9.21. The number of likely N-dealkylation sites (tertiary alicyclic amines) is 1. The largest absolute Gasteiger partial charge is 0.504 e. The van der Waals surface area contributed by atoms with E-state index in [0.29, 0.717) is 30.1 Å². The number of ether oxygens (including phenoxy) is 3. The van der Waals surface area contributed by atoms with Gasteiger partial charge in [0.15, 0.2) is 23.0 Å². The van der Waals surface area contributed by atoms with Crippen LogP contribution in [0.5, 0.6) is 23.0 Å². The quantitative estimate of drug-likeness (QED) is 0.629. The third kappa shape index (κ3) is 2.96. The molecule has 2 saturated carbocycles. The number of phenols is 1. The van der Waals surface area contributed by atoms with E-state index in [1.807, 2.05) is 36.2 Å². The number of carbonyl (C=O) groups excluding carboxylic acids is 1. The minimum Gasteiger partial charge on any atom is -0.504 e. The number of aliphatic hydroxyl groups is 1. The Labute approximate surface area is 222 Å². The second-order valence-electron chi connectivity index (χ2n) is 12.3. The van der Waals surface area contributed by atoms with Gasteiger partial charge in [0, 0.05) is 25.2 Å². The van der Waals surface area contributed by atoms with E-state index in [-0.39, 0.29) is 37.0 Å². The molecule has 0 unspecified atom stereocenters. The normalized spacial score (nSPS) is 34.0. The Balaban J connectivity index is 1.14. The molecule has 3 fully saturated rings. The maximum absolute atomic E-state index is 13.6. The van der Waals surface area contributed by atoms with Gasteiger partial charge in [-0.2, -0.15) is 0 Å². The van der Waals surface area contributed by atoms with Crippen molar-refractivity contribution in [2.24, 2.45) is 5.92 Å². The molecule has 8 rings (SSSR count). The summed E-state index contributed by atoms with van der Waals surface area (Å²) in [5, 5.41) is 23.5. The fourth-order valence-corrected chi connectivity index (χ4v) is 8.39. The van der Waals surface area contributed by atoms with Gasteiger partial charge in [-0.1, -0.05) is 12.1 Å². The molecule has 0 radical (unpaired) electrons. The van der Waals surface area contributed by atoms with E-state index >= 15 is 0 Å². The number of piperidine rings is 1. The summed E-state index contributed by atoms with van der Waals surface area (Å²) in [5.41, 5.74) is 1.46. The lowest BCUT2D eigenvalue weighted by molar-refractivity contribution is -0.200. The molecule has 6 aliphatic rings. The second kappa shape index (κ2) is 7.79. The highest BCUT2D eigenvalue weighted by molar-refractivity contribution is 5.79. The summed E-state index contributed by atoms with van der Waals surface area (Å²) < 4.78 is 17.6. The van der Waals surface area contributed by atoms with Gasteiger partial charge in [0.1, 0.15) is 6.10 Å². The van der Waals surface area contributed by atoms with Crippen LogP contribution in [0, 0.1) is 5.92 Å². The van der Waals surface area contributed by atoms with E-state index in [2.05, 4.69) is 4.90 Å². The van der Waals surface area contributed by atoms with Gasteiger partial charge in [-0.3, -0.25) is 9.69 Å². The van der Waals surface area contributed by atoms with Crippen molar-refractivity contribution in [1.82, 2.24) is 9.80 Å². The van der Waals surface area contributed by atoms with Crippen LogP contribution in [-0.2, 0) is 23.1 Å². The number of fused-ring (bicyclic) bond motifs is 1. The Morgan fingerprint density at radius 2 is 1.97 bits per heavy atom. The van der Waals surface area contributed by atoms with Crippen LogP contribution in [0.4, 0.5) is 0 Å². The zero-order valence-corrected chi connectivity index (χ0v) is 21.7. The molecular formula is C30H34N2O6. The lowest BCUT2D eigenvalue weighted by Gasteiger charge is -2.64. The SMILES string of the molecule is CN(C(=O)Cc1ccc2c(c1)OCO2)[C@@H]1CC[C@@]2(O)[C@H]3Cc4ccc(O)c5c4[C@@]2(CCN3CC2CC2)[C@H]1O5. The third-order valence-electron chi connectivity index (χ3n) is 10.4. The third-order valence-corrected chi connectivity index (χ3v) is 10.4. The van der Waals surface area contributed by atoms with E-state index < -0.39 is 17.1 Å². The highest BCUT2D eigenvalue weighted by atomic mass is 16.7. The lowest BCUT2D eigenvalue weighted by Crippen LogP contribution is -2.78. The molecule has 1 spiro atoms. The van der Waals surface area contributed by atoms with Crippen LogP contribution < -0.4 is 14.2 Å². The molecular weight excluding hydrogens is 484 g/mol. The first-order valence-electron chi connectivity index (χ1n) is 14.0. The van der Waals surface area contributed by atoms with Crippen molar-refractivity contribution in [2.75, 3.05) is 26.9 Å². The zero-order valence-electron chi connectivity index (χ0n) is 21.7. The van der Waals surface area contributed by atoms with Crippen LogP contribution in [0.2, 0.25) is 0 Å². The highest BCUT2D eigenvalue weighted by Crippen LogP contribution is 2.66. The molecule has 1 saturated heterocycles. The van der Waals surface area contributed by atoms with Crippen molar-refractivity contribution in [3.63, 3.8) is 0 Å². The van der Waals surface area contributed by atoms with E-state index in [1.165, 1.54) is 18.4 Å². The van der Waals surface area contributed by atoms with Crippen LogP contribution in [0.15, 0.2) is 30.3 Å². The molecule has 3 aliphatic carbocycles. The minimum atomic E-state index is -0.950. The topological polar surface area (TPSA) is 91.7 Å². The molecule has 2 N–H and O–H groups in total. The summed E-state index contributed by atoms with van der Waals surface area (Å²) in [4.78, 5) is 18.0. The van der Waals surface area contributed by atoms with Crippen molar-refractivity contribution in [1.29, 1.82) is 0 Å². The van der Waals surface area contributed by atoms with Gasteiger partial charge in [-0.25, -0.2) is 0 Å². The van der Waals surface area contributed by atoms with E-state index in [9.17, 15) is 15.0 Å². The number of amides is 1. The molecule has 38 heavy (non-hydrogen) atoms. The van der Waals surface area contributed by atoms with Crippen molar-refractivity contribution in [3.8, 4) is 23.0 Å². The minimum absolute atomic E-state index is 0.00163. The fourth-order valence-electron chi connectivity index (χ4n) is 8.39. The summed E-state index contributed by atoms with van der Waals surface area (Å²) in [6.07, 6.45) is 5.21. The number of benzene rings is 2. The molecule has 2 bridgehead atoms. The van der Waals surface area contributed by atoms with Crippen molar-refractivity contribution < 1.29 is 29.2 Å². The monoisotopic (exact) mass is 518 g/mol. The fraction of sp³-hybridized carbons (Fsp3) is 0.567. The van der Waals surface area contributed by atoms with Gasteiger partial charge < -0.3 is 29.3 Å². The molecule has 2 aromatic rings. The van der Waals surface area contributed by atoms with E-state index in [4.69, 9.17) is 14.2 Å². The second-order valence-corrected chi connectivity index (χ2v) is 12.3. The van der Waals surface area contributed by atoms with Crippen LogP contribution in [0.1, 0.15) is 48.8 Å². The molecule has 0 aromatic heterocycles. The Bertz CT molecular complexity index is 1340. The first-order chi connectivity index (χ1) is 18.4. The Morgan fingerprint density at radius 1 is 1.13 bits per heavy atom. The summed E-state index contributed by atoms with van der Waals surface area (Å²) in [5.74, 6) is 2.76. The standard InChI is InChI=1S/C30H34N2O6/c1-31(25(34)13-18-4-7-22-23(12-18)37-16-36-22)20-8-9-30(35)24-14-19-5-6-21(33)27-26(19)29(30,28(20)38-27)10-11-32(24)15-17-2-3-17/h4-7,12,17,20,24,28,33,35H,2-3,8-11,13-16H2,1H3/t20-,24-,28+,29+,30-/m1/s1. The molecule has 5 atom stereocenters. The zero-order chi connectivity index (χ0) is 25.8. The van der Waals surface area contributed by atoms with Gasteiger partial charge in [-0.15, -0.1) is 0 Å². The van der Waals surface area contributed by atoms with Gasteiger partial charge >= 0.3 is 0 Å². The number of aromatic hydroxyl groups is 1. The van der Waals surface area contributed by atoms with E-state index in [1.54, 1.807) is 6.07 Å². The van der Waals surface area contributed by atoms with Crippen LogP contribution in [0.3, 0.4) is 0 Å². The molecule has 2 aromatic carbocycles. The predicted molar refractivity (Wildman–Crippen MR) is 138 cm³/mol. The average molecular weight is 519 g/mol. The maximum atomic E-state index is 13.6. The number of carbonyl (C=O) groups is 1. The van der Waals surface area contributed by atoms with Gasteiger partial charge in [0.25, 0.3) is 0 Å². The number of phenolic OH excluding ortho intramolecular Hbond substituents is 1. The number of rotatable bonds is 5. The lowest BCUT2D eigenvalue weighted by atomic mass is 9.48. The van der Waals surface area contributed by atoms with Crippen molar-refractivity contribution in [3.05, 3.63) is 47.0 Å². The number of hydrogen-bond donors (Lipinski definition) is 2. The van der Waals surface area contributed by atoms with Crippen molar-refractivity contribution >= 4 is 5.91 Å². The molecule has 200 valence electrons. The smallest absolute Gasteiger partial charge is 0.231 e. The molecule has 3 heterocycles. The van der Waals surface area contributed by atoms with Crippen LogP contribution >= 0.6 is 0 Å². The molecule has 1 amide bonds. The Morgan fingerprint density at radius 3 is 2.82 bits per heavy atom. The van der Waals surface area contributed by atoms with Crippen LogP contribution in [-0.4, -0.2) is 76.6 Å². The average Bonchev–Trinajstić information content (AvgIpc) is 3.47. The van der Waals surface area contributed by atoms with Crippen LogP contribution in [0.25, 0.3) is 0 Å².